The SMILES string of the molecule is Cc1c(C(=O)N(Cc2ccccn2)C2CCCNCC2)oc2ccc(Cl)cc12. The molecule has 0 aliphatic carbocycles. The molecular formula is C22H24ClN3O2. The smallest absolute Gasteiger partial charge is 0.290 e. The second kappa shape index (κ2) is 8.33. The third-order valence-electron chi connectivity index (χ3n) is 5.40. The van der Waals surface area contributed by atoms with Crippen molar-refractivity contribution in [1.82, 2.24) is 15.2 Å². The summed E-state index contributed by atoms with van der Waals surface area (Å²) in [6.07, 6.45) is 4.70. The number of amides is 1. The van der Waals surface area contributed by atoms with Crippen LogP contribution in [0.3, 0.4) is 0 Å². The molecule has 1 saturated heterocycles. The van der Waals surface area contributed by atoms with E-state index in [4.69, 9.17) is 16.0 Å². The lowest BCUT2D eigenvalue weighted by atomic mass is 10.1. The number of rotatable bonds is 4. The number of hydrogen-bond acceptors (Lipinski definition) is 4. The Bertz CT molecular complexity index is 963. The Hall–Kier alpha value is -2.37. The van der Waals surface area contributed by atoms with Gasteiger partial charge in [-0.2, -0.15) is 0 Å². The molecule has 146 valence electrons. The summed E-state index contributed by atoms with van der Waals surface area (Å²) >= 11 is 6.14. The molecule has 1 unspecified atom stereocenters. The molecule has 1 N–H and O–H groups in total. The monoisotopic (exact) mass is 397 g/mol. The van der Waals surface area contributed by atoms with Gasteiger partial charge in [0.25, 0.3) is 5.91 Å². The minimum Gasteiger partial charge on any atom is -0.451 e. The molecule has 1 aliphatic rings. The van der Waals surface area contributed by atoms with Crippen molar-refractivity contribution in [2.75, 3.05) is 13.1 Å². The maximum atomic E-state index is 13.6. The molecule has 1 fully saturated rings. The molecule has 1 aliphatic heterocycles. The Labute approximate surface area is 169 Å². The molecule has 6 heteroatoms. The zero-order valence-corrected chi connectivity index (χ0v) is 16.7. The number of aryl methyl sites for hydroxylation is 1. The van der Waals surface area contributed by atoms with Gasteiger partial charge in [-0.15, -0.1) is 0 Å². The topological polar surface area (TPSA) is 58.4 Å². The number of furan rings is 1. The molecule has 0 radical (unpaired) electrons. The molecule has 4 rings (SSSR count). The third kappa shape index (κ3) is 3.91. The van der Waals surface area contributed by atoms with Gasteiger partial charge < -0.3 is 14.6 Å². The zero-order chi connectivity index (χ0) is 19.5. The van der Waals surface area contributed by atoms with Gasteiger partial charge >= 0.3 is 0 Å². The van der Waals surface area contributed by atoms with E-state index in [0.717, 1.165) is 49.0 Å². The van der Waals surface area contributed by atoms with Crippen molar-refractivity contribution in [3.8, 4) is 0 Å². The average Bonchev–Trinajstić information content (AvgIpc) is 2.88. The molecule has 1 aromatic carbocycles. The summed E-state index contributed by atoms with van der Waals surface area (Å²) < 4.78 is 5.97. The summed E-state index contributed by atoms with van der Waals surface area (Å²) in [5.74, 6) is 0.313. The fourth-order valence-electron chi connectivity index (χ4n) is 3.87. The van der Waals surface area contributed by atoms with Gasteiger partial charge in [-0.05, 0) is 69.6 Å². The number of halogens is 1. The molecular weight excluding hydrogens is 374 g/mol. The lowest BCUT2D eigenvalue weighted by Crippen LogP contribution is -2.40. The lowest BCUT2D eigenvalue weighted by molar-refractivity contribution is 0.0611. The van der Waals surface area contributed by atoms with E-state index in [1.807, 2.05) is 42.2 Å². The summed E-state index contributed by atoms with van der Waals surface area (Å²) in [7, 11) is 0. The molecule has 0 saturated carbocycles. The van der Waals surface area contributed by atoms with Crippen molar-refractivity contribution in [1.29, 1.82) is 0 Å². The maximum Gasteiger partial charge on any atom is 0.290 e. The van der Waals surface area contributed by atoms with E-state index in [1.165, 1.54) is 0 Å². The van der Waals surface area contributed by atoms with Crippen LogP contribution in [0.1, 0.15) is 41.1 Å². The van der Waals surface area contributed by atoms with Crippen LogP contribution in [0, 0.1) is 6.92 Å². The van der Waals surface area contributed by atoms with Crippen LogP contribution in [0.25, 0.3) is 11.0 Å². The highest BCUT2D eigenvalue weighted by atomic mass is 35.5. The van der Waals surface area contributed by atoms with E-state index in [9.17, 15) is 4.79 Å². The third-order valence-corrected chi connectivity index (χ3v) is 5.63. The van der Waals surface area contributed by atoms with E-state index >= 15 is 0 Å². The second-order valence-corrected chi connectivity index (χ2v) is 7.72. The first kappa shape index (κ1) is 19.0. The van der Waals surface area contributed by atoms with E-state index in [2.05, 4.69) is 10.3 Å². The number of carbonyl (C=O) groups excluding carboxylic acids is 1. The number of nitrogens with zero attached hydrogens (tertiary/aromatic N) is 2. The fraction of sp³-hybridized carbons (Fsp3) is 0.364. The first-order chi connectivity index (χ1) is 13.6. The van der Waals surface area contributed by atoms with Gasteiger partial charge in [0.05, 0.1) is 12.2 Å². The standard InChI is InChI=1S/C22H24ClN3O2/c1-15-19-13-16(23)7-8-20(19)28-21(15)22(27)26(14-17-5-2-3-11-25-17)18-6-4-10-24-12-9-18/h2-3,5,7-8,11,13,18,24H,4,6,9-10,12,14H2,1H3. The van der Waals surface area contributed by atoms with Crippen LogP contribution in [-0.2, 0) is 6.54 Å². The van der Waals surface area contributed by atoms with Crippen LogP contribution >= 0.6 is 11.6 Å². The molecule has 28 heavy (non-hydrogen) atoms. The first-order valence-electron chi connectivity index (χ1n) is 9.74. The van der Waals surface area contributed by atoms with Gasteiger partial charge in [0.15, 0.2) is 5.76 Å². The van der Waals surface area contributed by atoms with Crippen LogP contribution in [0.15, 0.2) is 47.0 Å². The van der Waals surface area contributed by atoms with Gasteiger partial charge in [-0.25, -0.2) is 0 Å². The summed E-state index contributed by atoms with van der Waals surface area (Å²) in [6.45, 7) is 4.29. The quantitative estimate of drug-likeness (QED) is 0.700. The van der Waals surface area contributed by atoms with Crippen LogP contribution in [-0.4, -0.2) is 34.9 Å². The van der Waals surface area contributed by atoms with E-state index in [-0.39, 0.29) is 11.9 Å². The van der Waals surface area contributed by atoms with Gasteiger partial charge in [0.2, 0.25) is 0 Å². The van der Waals surface area contributed by atoms with Crippen molar-refractivity contribution in [3.05, 3.63) is 64.6 Å². The van der Waals surface area contributed by atoms with Crippen molar-refractivity contribution in [3.63, 3.8) is 0 Å². The second-order valence-electron chi connectivity index (χ2n) is 7.29. The number of fused-ring (bicyclic) bond motifs is 1. The number of benzene rings is 1. The van der Waals surface area contributed by atoms with Crippen molar-refractivity contribution in [2.24, 2.45) is 0 Å². The molecule has 3 aromatic rings. The zero-order valence-electron chi connectivity index (χ0n) is 16.0. The van der Waals surface area contributed by atoms with E-state index < -0.39 is 0 Å². The number of aromatic nitrogens is 1. The Morgan fingerprint density at radius 3 is 3.00 bits per heavy atom. The van der Waals surface area contributed by atoms with Gasteiger partial charge in [-0.1, -0.05) is 17.7 Å². The molecule has 0 spiro atoms. The maximum absolute atomic E-state index is 13.6. The number of hydrogen-bond donors (Lipinski definition) is 1. The normalized spacial score (nSPS) is 17.4. The molecule has 3 heterocycles. The summed E-state index contributed by atoms with van der Waals surface area (Å²) in [5.41, 5.74) is 2.40. The fourth-order valence-corrected chi connectivity index (χ4v) is 4.04. The van der Waals surface area contributed by atoms with Gasteiger partial charge in [0.1, 0.15) is 5.58 Å². The van der Waals surface area contributed by atoms with Crippen LogP contribution in [0.4, 0.5) is 0 Å². The predicted molar refractivity (Wildman–Crippen MR) is 111 cm³/mol. The van der Waals surface area contributed by atoms with E-state index in [0.29, 0.717) is 22.9 Å². The molecule has 1 amide bonds. The molecule has 5 nitrogen and oxygen atoms in total. The Balaban J connectivity index is 1.70. The molecule has 1 atom stereocenters. The molecule has 2 aromatic heterocycles. The highest BCUT2D eigenvalue weighted by molar-refractivity contribution is 6.31. The highest BCUT2D eigenvalue weighted by Gasteiger charge is 2.30. The largest absolute Gasteiger partial charge is 0.451 e. The number of nitrogens with one attached hydrogen (secondary N) is 1. The van der Waals surface area contributed by atoms with Gasteiger partial charge in [0, 0.05) is 28.2 Å². The van der Waals surface area contributed by atoms with Crippen molar-refractivity contribution < 1.29 is 9.21 Å². The predicted octanol–water partition coefficient (Wildman–Crippen LogP) is 4.57. The van der Waals surface area contributed by atoms with Crippen LogP contribution in [0.5, 0.6) is 0 Å². The first-order valence-corrected chi connectivity index (χ1v) is 10.1. The summed E-state index contributed by atoms with van der Waals surface area (Å²) in [4.78, 5) is 20.0. The average molecular weight is 398 g/mol. The Morgan fingerprint density at radius 2 is 2.18 bits per heavy atom. The van der Waals surface area contributed by atoms with Crippen molar-refractivity contribution >= 4 is 28.5 Å². The van der Waals surface area contributed by atoms with Crippen molar-refractivity contribution in [2.45, 2.75) is 38.8 Å². The Morgan fingerprint density at radius 1 is 1.29 bits per heavy atom. The molecule has 0 bridgehead atoms. The number of carbonyl (C=O) groups is 1. The lowest BCUT2D eigenvalue weighted by Gasteiger charge is -2.30. The van der Waals surface area contributed by atoms with Crippen LogP contribution < -0.4 is 5.32 Å². The van der Waals surface area contributed by atoms with Crippen LogP contribution in [0.2, 0.25) is 5.02 Å². The highest BCUT2D eigenvalue weighted by Crippen LogP contribution is 2.30. The number of pyridine rings is 1. The minimum atomic E-state index is -0.0811. The van der Waals surface area contributed by atoms with E-state index in [1.54, 1.807) is 12.3 Å². The summed E-state index contributed by atoms with van der Waals surface area (Å²) in [5, 5.41) is 4.94. The Kier molecular flexibility index (Phi) is 5.64. The minimum absolute atomic E-state index is 0.0811. The van der Waals surface area contributed by atoms with Gasteiger partial charge in [-0.3, -0.25) is 9.78 Å². The summed E-state index contributed by atoms with van der Waals surface area (Å²) in [6, 6.07) is 11.4.